The molecule has 1 heterocycles. The van der Waals surface area contributed by atoms with Crippen molar-refractivity contribution in [2.45, 2.75) is 19.1 Å². The smallest absolute Gasteiger partial charge is 0.283 e. The maximum absolute atomic E-state index is 12.3. The second-order valence-electron chi connectivity index (χ2n) is 6.61. The van der Waals surface area contributed by atoms with Crippen LogP contribution < -0.4 is 25.1 Å². The van der Waals surface area contributed by atoms with Crippen LogP contribution in [0.25, 0.3) is 10.8 Å². The topological polar surface area (TPSA) is 85.9 Å². The van der Waals surface area contributed by atoms with Crippen molar-refractivity contribution in [3.63, 3.8) is 0 Å². The van der Waals surface area contributed by atoms with Crippen molar-refractivity contribution in [3.05, 3.63) is 66.7 Å². The van der Waals surface area contributed by atoms with Crippen molar-refractivity contribution in [2.24, 2.45) is 0 Å². The average molecular weight is 392 g/mol. The molecule has 4 rings (SSSR count). The summed E-state index contributed by atoms with van der Waals surface area (Å²) in [5, 5.41) is 2.10. The first-order valence-electron chi connectivity index (χ1n) is 9.24. The van der Waals surface area contributed by atoms with Gasteiger partial charge in [-0.15, -0.1) is 0 Å². The number of amides is 2. The molecule has 0 radical (unpaired) electrons. The van der Waals surface area contributed by atoms with E-state index in [9.17, 15) is 9.59 Å². The molecule has 0 aliphatic carbocycles. The molecular weight excluding hydrogens is 372 g/mol. The third kappa shape index (κ3) is 4.24. The normalized spacial score (nSPS) is 16.0. The highest BCUT2D eigenvalue weighted by molar-refractivity contribution is 5.87. The summed E-state index contributed by atoms with van der Waals surface area (Å²) in [5.74, 6) is 0.643. The summed E-state index contributed by atoms with van der Waals surface area (Å²) >= 11 is 0. The lowest BCUT2D eigenvalue weighted by atomic mass is 10.1. The number of hydrazine groups is 1. The van der Waals surface area contributed by atoms with Gasteiger partial charge in [0.05, 0.1) is 0 Å². The van der Waals surface area contributed by atoms with Crippen molar-refractivity contribution in [2.75, 3.05) is 6.61 Å². The molecule has 7 nitrogen and oxygen atoms in total. The predicted molar refractivity (Wildman–Crippen MR) is 107 cm³/mol. The molecule has 2 N–H and O–H groups in total. The lowest BCUT2D eigenvalue weighted by Gasteiger charge is -2.25. The van der Waals surface area contributed by atoms with E-state index in [1.807, 2.05) is 42.5 Å². The van der Waals surface area contributed by atoms with Gasteiger partial charge >= 0.3 is 0 Å². The summed E-state index contributed by atoms with van der Waals surface area (Å²) in [6, 6.07) is 20.5. The summed E-state index contributed by atoms with van der Waals surface area (Å²) < 4.78 is 16.8. The van der Waals surface area contributed by atoms with Gasteiger partial charge in [-0.25, -0.2) is 0 Å². The molecule has 0 unspecified atom stereocenters. The van der Waals surface area contributed by atoms with Gasteiger partial charge in [-0.2, -0.15) is 0 Å². The lowest BCUT2D eigenvalue weighted by Crippen LogP contribution is -2.53. The Balaban J connectivity index is 1.30. The number of hydrogen-bond donors (Lipinski definition) is 2. The van der Waals surface area contributed by atoms with E-state index >= 15 is 0 Å². The Morgan fingerprint density at radius 3 is 2.52 bits per heavy atom. The molecule has 1 aliphatic heterocycles. The standard InChI is InChI=1S/C22H20N2O5/c1-14(28-17-11-10-15-6-2-3-7-16(15)12-17)21(25)23-24-22(26)20-13-27-18-8-4-5-9-19(18)29-20/h2-12,14,20H,13H2,1H3,(H,23,25)(H,24,26)/t14-,20-/m1/s1. The highest BCUT2D eigenvalue weighted by Crippen LogP contribution is 2.30. The fourth-order valence-corrected chi connectivity index (χ4v) is 2.95. The minimum atomic E-state index is -0.859. The fraction of sp³-hybridized carbons (Fsp3) is 0.182. The monoisotopic (exact) mass is 392 g/mol. The van der Waals surface area contributed by atoms with Crippen molar-refractivity contribution >= 4 is 22.6 Å². The van der Waals surface area contributed by atoms with Crippen LogP contribution in [0.15, 0.2) is 66.7 Å². The van der Waals surface area contributed by atoms with E-state index in [1.165, 1.54) is 0 Å². The van der Waals surface area contributed by atoms with E-state index in [0.717, 1.165) is 10.8 Å². The quantitative estimate of drug-likeness (QED) is 0.667. The number of ether oxygens (including phenoxy) is 3. The van der Waals surface area contributed by atoms with Crippen LogP contribution in [-0.4, -0.2) is 30.6 Å². The Hall–Kier alpha value is -3.74. The van der Waals surface area contributed by atoms with Gasteiger partial charge in [0.15, 0.2) is 17.6 Å². The van der Waals surface area contributed by atoms with Crippen LogP contribution in [0.2, 0.25) is 0 Å². The van der Waals surface area contributed by atoms with E-state index in [-0.39, 0.29) is 6.61 Å². The van der Waals surface area contributed by atoms with Crippen molar-refractivity contribution in [3.8, 4) is 17.2 Å². The van der Waals surface area contributed by atoms with Gasteiger partial charge in [0.1, 0.15) is 12.4 Å². The van der Waals surface area contributed by atoms with Crippen molar-refractivity contribution in [1.82, 2.24) is 10.9 Å². The number of benzene rings is 3. The maximum atomic E-state index is 12.3. The van der Waals surface area contributed by atoms with Crippen LogP contribution >= 0.6 is 0 Å². The molecule has 2 amide bonds. The van der Waals surface area contributed by atoms with Gasteiger partial charge in [0.25, 0.3) is 11.8 Å². The number of hydrogen-bond acceptors (Lipinski definition) is 5. The lowest BCUT2D eigenvalue weighted by molar-refractivity contribution is -0.137. The molecule has 29 heavy (non-hydrogen) atoms. The third-order valence-corrected chi connectivity index (χ3v) is 4.51. The van der Waals surface area contributed by atoms with Crippen LogP contribution in [-0.2, 0) is 9.59 Å². The van der Waals surface area contributed by atoms with Gasteiger partial charge in [0.2, 0.25) is 6.10 Å². The molecular formula is C22H20N2O5. The molecule has 2 atom stereocenters. The van der Waals surface area contributed by atoms with Gasteiger partial charge in [-0.1, -0.05) is 42.5 Å². The van der Waals surface area contributed by atoms with E-state index in [2.05, 4.69) is 10.9 Å². The average Bonchev–Trinajstić information content (AvgIpc) is 2.76. The Bertz CT molecular complexity index is 1050. The van der Waals surface area contributed by atoms with E-state index in [0.29, 0.717) is 17.2 Å². The van der Waals surface area contributed by atoms with Crippen LogP contribution in [0.3, 0.4) is 0 Å². The fourth-order valence-electron chi connectivity index (χ4n) is 2.95. The van der Waals surface area contributed by atoms with Crippen LogP contribution in [0.5, 0.6) is 17.2 Å². The number of nitrogens with one attached hydrogen (secondary N) is 2. The Kier molecular flexibility index (Phi) is 5.20. The Morgan fingerprint density at radius 1 is 0.966 bits per heavy atom. The highest BCUT2D eigenvalue weighted by atomic mass is 16.6. The third-order valence-electron chi connectivity index (χ3n) is 4.51. The molecule has 0 aromatic heterocycles. The van der Waals surface area contributed by atoms with Crippen LogP contribution in [0, 0.1) is 0 Å². The zero-order chi connectivity index (χ0) is 20.2. The van der Waals surface area contributed by atoms with Crippen molar-refractivity contribution in [1.29, 1.82) is 0 Å². The first kappa shape index (κ1) is 18.6. The second kappa shape index (κ2) is 8.10. The number of rotatable bonds is 4. The minimum Gasteiger partial charge on any atom is -0.485 e. The predicted octanol–water partition coefficient (Wildman–Crippen LogP) is 2.59. The Morgan fingerprint density at radius 2 is 1.69 bits per heavy atom. The van der Waals surface area contributed by atoms with E-state index in [1.54, 1.807) is 31.2 Å². The maximum Gasteiger partial charge on any atom is 0.283 e. The first-order chi connectivity index (χ1) is 14.1. The van der Waals surface area contributed by atoms with Gasteiger partial charge in [-0.3, -0.25) is 20.4 Å². The van der Waals surface area contributed by atoms with E-state index < -0.39 is 24.0 Å². The first-order valence-corrected chi connectivity index (χ1v) is 9.24. The highest BCUT2D eigenvalue weighted by Gasteiger charge is 2.28. The number of para-hydroxylation sites is 2. The SMILES string of the molecule is C[C@@H](Oc1ccc2ccccc2c1)C(=O)NNC(=O)[C@H]1COc2ccccc2O1. The summed E-state index contributed by atoms with van der Waals surface area (Å²) in [5.41, 5.74) is 4.72. The molecule has 0 bridgehead atoms. The van der Waals surface area contributed by atoms with Gasteiger partial charge < -0.3 is 14.2 Å². The molecule has 0 saturated carbocycles. The summed E-state index contributed by atoms with van der Waals surface area (Å²) in [6.07, 6.45) is -1.66. The number of carbonyl (C=O) groups excluding carboxylic acids is 2. The molecule has 3 aromatic carbocycles. The summed E-state index contributed by atoms with van der Waals surface area (Å²) in [7, 11) is 0. The Labute approximate surface area is 167 Å². The molecule has 0 fully saturated rings. The van der Waals surface area contributed by atoms with Gasteiger partial charge in [-0.05, 0) is 42.0 Å². The van der Waals surface area contributed by atoms with E-state index in [4.69, 9.17) is 14.2 Å². The summed E-state index contributed by atoms with van der Waals surface area (Å²) in [4.78, 5) is 24.5. The van der Waals surface area contributed by atoms with Crippen LogP contribution in [0.4, 0.5) is 0 Å². The molecule has 148 valence electrons. The molecule has 3 aromatic rings. The van der Waals surface area contributed by atoms with Crippen LogP contribution in [0.1, 0.15) is 6.92 Å². The summed E-state index contributed by atoms with van der Waals surface area (Å²) in [6.45, 7) is 1.66. The minimum absolute atomic E-state index is 0.0574. The zero-order valence-corrected chi connectivity index (χ0v) is 15.8. The van der Waals surface area contributed by atoms with Gasteiger partial charge in [0, 0.05) is 0 Å². The number of fused-ring (bicyclic) bond motifs is 2. The molecule has 1 aliphatic rings. The zero-order valence-electron chi connectivity index (χ0n) is 15.8. The number of carbonyl (C=O) groups is 2. The van der Waals surface area contributed by atoms with Crippen molar-refractivity contribution < 1.29 is 23.8 Å². The molecule has 0 spiro atoms. The molecule has 0 saturated heterocycles. The largest absolute Gasteiger partial charge is 0.485 e. The molecule has 7 heteroatoms. The second-order valence-corrected chi connectivity index (χ2v) is 6.61.